The smallest absolute Gasteiger partial charge is 0.129 e. The highest BCUT2D eigenvalue weighted by molar-refractivity contribution is 6.30. The van der Waals surface area contributed by atoms with E-state index < -0.39 is 0 Å². The zero-order chi connectivity index (χ0) is 13.7. The second-order valence-electron chi connectivity index (χ2n) is 4.51. The van der Waals surface area contributed by atoms with Crippen molar-refractivity contribution in [2.24, 2.45) is 0 Å². The lowest BCUT2D eigenvalue weighted by molar-refractivity contribution is 0.588. The van der Waals surface area contributed by atoms with Crippen LogP contribution in [-0.4, -0.2) is 0 Å². The molecule has 2 aromatic rings. The molecular weight excluding hydrogens is 261 g/mol. The molecular formula is C16H17ClFN. The van der Waals surface area contributed by atoms with Gasteiger partial charge in [0.2, 0.25) is 0 Å². The van der Waals surface area contributed by atoms with Gasteiger partial charge in [0, 0.05) is 23.7 Å². The lowest BCUT2D eigenvalue weighted by atomic mass is 10.1. The Morgan fingerprint density at radius 3 is 2.32 bits per heavy atom. The Hall–Kier alpha value is -1.38. The summed E-state index contributed by atoms with van der Waals surface area (Å²) in [6.07, 6.45) is 1.05. The van der Waals surface area contributed by atoms with E-state index in [-0.39, 0.29) is 5.82 Å². The predicted molar refractivity (Wildman–Crippen MR) is 77.8 cm³/mol. The topological polar surface area (TPSA) is 12.0 Å². The van der Waals surface area contributed by atoms with Crippen molar-refractivity contribution >= 4 is 11.6 Å². The fraction of sp³-hybridized carbons (Fsp3) is 0.250. The molecule has 0 radical (unpaired) electrons. The quantitative estimate of drug-likeness (QED) is 0.858. The summed E-state index contributed by atoms with van der Waals surface area (Å²) in [5.74, 6) is -0.263. The molecule has 0 amide bonds. The fourth-order valence-corrected chi connectivity index (χ4v) is 2.06. The molecule has 19 heavy (non-hydrogen) atoms. The molecule has 0 aliphatic heterocycles. The van der Waals surface area contributed by atoms with Crippen molar-refractivity contribution in [3.8, 4) is 0 Å². The van der Waals surface area contributed by atoms with Crippen LogP contribution in [-0.2, 0) is 19.5 Å². The molecule has 0 atom stereocenters. The zero-order valence-corrected chi connectivity index (χ0v) is 11.7. The van der Waals surface area contributed by atoms with Crippen molar-refractivity contribution in [3.05, 3.63) is 70.0 Å². The Bertz CT molecular complexity index is 537. The van der Waals surface area contributed by atoms with Crippen LogP contribution in [0.15, 0.2) is 42.5 Å². The fourth-order valence-electron chi connectivity index (χ4n) is 1.90. The first-order valence-electron chi connectivity index (χ1n) is 6.41. The van der Waals surface area contributed by atoms with Crippen molar-refractivity contribution in [2.75, 3.05) is 0 Å². The maximum absolute atomic E-state index is 13.6. The minimum Gasteiger partial charge on any atom is -0.309 e. The normalized spacial score (nSPS) is 10.7. The molecule has 0 bridgehead atoms. The highest BCUT2D eigenvalue weighted by atomic mass is 35.5. The monoisotopic (exact) mass is 277 g/mol. The van der Waals surface area contributed by atoms with Gasteiger partial charge in [0.1, 0.15) is 5.82 Å². The maximum atomic E-state index is 13.6. The summed E-state index contributed by atoms with van der Waals surface area (Å²) in [6.45, 7) is 3.36. The molecule has 1 N–H and O–H groups in total. The summed E-state index contributed by atoms with van der Waals surface area (Å²) >= 11 is 5.72. The molecule has 1 nitrogen and oxygen atoms in total. The van der Waals surface area contributed by atoms with E-state index in [9.17, 15) is 4.39 Å². The second-order valence-corrected chi connectivity index (χ2v) is 4.95. The molecule has 0 unspecified atom stereocenters. The highest BCUT2D eigenvalue weighted by Crippen LogP contribution is 2.14. The van der Waals surface area contributed by atoms with Crippen LogP contribution in [0, 0.1) is 5.82 Å². The van der Waals surface area contributed by atoms with Crippen LogP contribution in [0.5, 0.6) is 0 Å². The Kier molecular flexibility index (Phi) is 4.94. The number of hydrogen-bond acceptors (Lipinski definition) is 1. The molecule has 2 rings (SSSR count). The Labute approximate surface area is 118 Å². The van der Waals surface area contributed by atoms with E-state index in [4.69, 9.17) is 11.6 Å². The van der Waals surface area contributed by atoms with E-state index in [1.54, 1.807) is 12.1 Å². The lowest BCUT2D eigenvalue weighted by Crippen LogP contribution is -2.13. The zero-order valence-electron chi connectivity index (χ0n) is 10.9. The molecule has 0 heterocycles. The van der Waals surface area contributed by atoms with Crippen molar-refractivity contribution in [2.45, 2.75) is 26.4 Å². The first-order chi connectivity index (χ1) is 9.19. The van der Waals surface area contributed by atoms with E-state index >= 15 is 0 Å². The van der Waals surface area contributed by atoms with Crippen LogP contribution in [0.4, 0.5) is 4.39 Å². The molecule has 3 heteroatoms. The summed E-state index contributed by atoms with van der Waals surface area (Å²) in [5, 5.41) is 3.66. The third-order valence-corrected chi connectivity index (χ3v) is 3.33. The van der Waals surface area contributed by atoms with Crippen molar-refractivity contribution in [3.63, 3.8) is 0 Å². The summed E-state index contributed by atoms with van der Waals surface area (Å²) in [7, 11) is 0. The molecule has 0 aliphatic rings. The van der Waals surface area contributed by atoms with Gasteiger partial charge in [-0.25, -0.2) is 4.39 Å². The number of halogens is 2. The van der Waals surface area contributed by atoms with Gasteiger partial charge in [-0.1, -0.05) is 48.9 Å². The van der Waals surface area contributed by atoms with E-state index in [0.29, 0.717) is 17.1 Å². The van der Waals surface area contributed by atoms with Gasteiger partial charge >= 0.3 is 0 Å². The summed E-state index contributed by atoms with van der Waals surface area (Å²) < 4.78 is 13.6. The summed E-state index contributed by atoms with van der Waals surface area (Å²) in [5.41, 5.74) is 3.16. The van der Waals surface area contributed by atoms with Crippen LogP contribution in [0.2, 0.25) is 5.02 Å². The minimum atomic E-state index is -0.263. The van der Waals surface area contributed by atoms with Gasteiger partial charge in [-0.05, 0) is 29.7 Å². The molecule has 0 saturated carbocycles. The van der Waals surface area contributed by atoms with E-state index in [0.717, 1.165) is 13.0 Å². The van der Waals surface area contributed by atoms with Crippen molar-refractivity contribution in [1.82, 2.24) is 5.32 Å². The van der Waals surface area contributed by atoms with Crippen molar-refractivity contribution < 1.29 is 4.39 Å². The molecule has 0 fully saturated rings. The molecule has 0 aliphatic carbocycles. The van der Waals surface area contributed by atoms with Gasteiger partial charge in [-0.2, -0.15) is 0 Å². The van der Waals surface area contributed by atoms with Crippen LogP contribution in [0.3, 0.4) is 0 Å². The highest BCUT2D eigenvalue weighted by Gasteiger charge is 2.02. The molecule has 0 spiro atoms. The van der Waals surface area contributed by atoms with E-state index in [1.807, 2.05) is 0 Å². The molecule has 0 saturated heterocycles. The minimum absolute atomic E-state index is 0.263. The number of hydrogen-bond donors (Lipinski definition) is 1. The lowest BCUT2D eigenvalue weighted by Gasteiger charge is -2.07. The number of benzene rings is 2. The average Bonchev–Trinajstić information content (AvgIpc) is 2.42. The largest absolute Gasteiger partial charge is 0.309 e. The van der Waals surface area contributed by atoms with Crippen LogP contribution < -0.4 is 5.32 Å². The number of rotatable bonds is 5. The SMILES string of the molecule is CCc1ccc(CNCc2ccc(Cl)cc2F)cc1. The third-order valence-electron chi connectivity index (χ3n) is 3.09. The Morgan fingerprint density at radius 1 is 1.00 bits per heavy atom. The molecule has 100 valence electrons. The van der Waals surface area contributed by atoms with Gasteiger partial charge in [-0.15, -0.1) is 0 Å². The third kappa shape index (κ3) is 4.05. The van der Waals surface area contributed by atoms with Gasteiger partial charge < -0.3 is 5.32 Å². The van der Waals surface area contributed by atoms with Crippen LogP contribution >= 0.6 is 11.6 Å². The second kappa shape index (κ2) is 6.69. The Morgan fingerprint density at radius 2 is 1.68 bits per heavy atom. The molecule has 2 aromatic carbocycles. The molecule has 0 aromatic heterocycles. The standard InChI is InChI=1S/C16H17ClFN/c1-2-12-3-5-13(6-4-12)10-19-11-14-7-8-15(17)9-16(14)18/h3-9,19H,2,10-11H2,1H3. The first-order valence-corrected chi connectivity index (χ1v) is 6.79. The van der Waals surface area contributed by atoms with Crippen molar-refractivity contribution in [1.29, 1.82) is 0 Å². The van der Waals surface area contributed by atoms with E-state index in [2.05, 4.69) is 36.5 Å². The summed E-state index contributed by atoms with van der Waals surface area (Å²) in [6, 6.07) is 13.2. The first kappa shape index (κ1) is 14.0. The maximum Gasteiger partial charge on any atom is 0.129 e. The summed E-state index contributed by atoms with van der Waals surface area (Å²) in [4.78, 5) is 0. The van der Waals surface area contributed by atoms with Gasteiger partial charge in [0.25, 0.3) is 0 Å². The van der Waals surface area contributed by atoms with Crippen LogP contribution in [0.1, 0.15) is 23.6 Å². The van der Waals surface area contributed by atoms with Gasteiger partial charge in [-0.3, -0.25) is 0 Å². The number of aryl methyl sites for hydroxylation is 1. The predicted octanol–water partition coefficient (Wildman–Crippen LogP) is 4.33. The van der Waals surface area contributed by atoms with Crippen LogP contribution in [0.25, 0.3) is 0 Å². The van der Waals surface area contributed by atoms with Gasteiger partial charge in [0.15, 0.2) is 0 Å². The number of nitrogens with one attached hydrogen (secondary N) is 1. The van der Waals surface area contributed by atoms with E-state index in [1.165, 1.54) is 17.2 Å². The van der Waals surface area contributed by atoms with Gasteiger partial charge in [0.05, 0.1) is 0 Å². The Balaban J connectivity index is 1.88. The average molecular weight is 278 g/mol.